The van der Waals surface area contributed by atoms with Gasteiger partial charge in [-0.1, -0.05) is 11.2 Å². The first-order chi connectivity index (χ1) is 15.8. The summed E-state index contributed by atoms with van der Waals surface area (Å²) in [4.78, 5) is 36.9. The van der Waals surface area contributed by atoms with Crippen molar-refractivity contribution in [3.8, 4) is 5.75 Å². The predicted molar refractivity (Wildman–Crippen MR) is 121 cm³/mol. The van der Waals surface area contributed by atoms with E-state index in [0.717, 1.165) is 22.6 Å². The van der Waals surface area contributed by atoms with Gasteiger partial charge in [-0.2, -0.15) is 0 Å². The third kappa shape index (κ3) is 6.19. The van der Waals surface area contributed by atoms with Crippen molar-refractivity contribution >= 4 is 34.2 Å². The highest BCUT2D eigenvalue weighted by atomic mass is 32.1. The van der Waals surface area contributed by atoms with Crippen LogP contribution in [0.25, 0.3) is 0 Å². The summed E-state index contributed by atoms with van der Waals surface area (Å²) < 4.78 is 20.9. The van der Waals surface area contributed by atoms with Crippen LogP contribution in [0.15, 0.2) is 34.9 Å². The van der Waals surface area contributed by atoms with E-state index in [1.54, 1.807) is 45.0 Å². The van der Waals surface area contributed by atoms with Crippen molar-refractivity contribution in [2.75, 3.05) is 18.5 Å². The number of aryl methyl sites for hydroxylation is 3. The van der Waals surface area contributed by atoms with Gasteiger partial charge in [-0.25, -0.2) is 9.59 Å². The fourth-order valence-electron chi connectivity index (χ4n) is 2.91. The molecule has 1 N–H and O–H groups in total. The zero-order valence-electron chi connectivity index (χ0n) is 18.7. The molecule has 10 heteroatoms. The molecule has 0 bridgehead atoms. The van der Waals surface area contributed by atoms with Crippen LogP contribution < -0.4 is 10.1 Å². The first-order valence-electron chi connectivity index (χ1n) is 10.2. The molecule has 0 unspecified atom stereocenters. The number of carbonyl (C=O) groups is 3. The highest BCUT2D eigenvalue weighted by Gasteiger charge is 2.17. The van der Waals surface area contributed by atoms with Gasteiger partial charge in [0.25, 0.3) is 5.91 Å². The zero-order valence-corrected chi connectivity index (χ0v) is 19.5. The second-order valence-electron chi connectivity index (χ2n) is 7.09. The quantitative estimate of drug-likeness (QED) is 0.460. The Kier molecular flexibility index (Phi) is 7.83. The van der Waals surface area contributed by atoms with E-state index in [9.17, 15) is 14.4 Å². The van der Waals surface area contributed by atoms with Crippen molar-refractivity contribution in [3.63, 3.8) is 0 Å². The van der Waals surface area contributed by atoms with Crippen LogP contribution in [0.1, 0.15) is 49.5 Å². The molecule has 2 heterocycles. The van der Waals surface area contributed by atoms with Crippen LogP contribution in [0.5, 0.6) is 5.75 Å². The molecule has 3 aromatic rings. The summed E-state index contributed by atoms with van der Waals surface area (Å²) >= 11 is 1.10. The molecular formula is C23H24N2O7S. The van der Waals surface area contributed by atoms with Crippen molar-refractivity contribution in [2.24, 2.45) is 0 Å². The maximum absolute atomic E-state index is 12.4. The first-order valence-corrected chi connectivity index (χ1v) is 11.0. The molecule has 0 aliphatic heterocycles. The normalized spacial score (nSPS) is 10.5. The predicted octanol–water partition coefficient (Wildman–Crippen LogP) is 4.21. The van der Waals surface area contributed by atoms with Crippen molar-refractivity contribution in [3.05, 3.63) is 63.4 Å². The van der Waals surface area contributed by atoms with E-state index in [1.807, 2.05) is 6.92 Å². The van der Waals surface area contributed by atoms with Gasteiger partial charge < -0.3 is 24.1 Å². The fraction of sp³-hybridized carbons (Fsp3) is 0.304. The van der Waals surface area contributed by atoms with E-state index in [2.05, 4.69) is 10.5 Å². The lowest BCUT2D eigenvalue weighted by Crippen LogP contribution is -2.20. The van der Waals surface area contributed by atoms with Gasteiger partial charge in [0.2, 0.25) is 0 Å². The molecule has 3 rings (SSSR count). The van der Waals surface area contributed by atoms with Crippen molar-refractivity contribution in [1.82, 2.24) is 5.16 Å². The van der Waals surface area contributed by atoms with Gasteiger partial charge in [0.1, 0.15) is 23.0 Å². The molecule has 174 valence electrons. The Labute approximate surface area is 194 Å². The average molecular weight is 473 g/mol. The van der Waals surface area contributed by atoms with E-state index in [-0.39, 0.29) is 18.8 Å². The number of ether oxygens (including phenoxy) is 3. The maximum atomic E-state index is 12.4. The average Bonchev–Trinajstić information content (AvgIpc) is 3.31. The third-order valence-corrected chi connectivity index (χ3v) is 5.74. The lowest BCUT2D eigenvalue weighted by atomic mass is 10.2. The van der Waals surface area contributed by atoms with E-state index in [0.29, 0.717) is 27.0 Å². The number of amides is 1. The van der Waals surface area contributed by atoms with Crippen LogP contribution in [0.4, 0.5) is 5.00 Å². The van der Waals surface area contributed by atoms with Gasteiger partial charge in [0, 0.05) is 0 Å². The molecule has 0 aliphatic carbocycles. The molecule has 1 amide bonds. The van der Waals surface area contributed by atoms with Gasteiger partial charge in [-0.3, -0.25) is 4.79 Å². The number of nitrogens with one attached hydrogen (secondary N) is 1. The molecule has 0 atom stereocenters. The Morgan fingerprint density at radius 1 is 1.09 bits per heavy atom. The van der Waals surface area contributed by atoms with Crippen LogP contribution in [0.2, 0.25) is 0 Å². The molecule has 0 saturated carbocycles. The Morgan fingerprint density at radius 2 is 1.88 bits per heavy atom. The zero-order chi connectivity index (χ0) is 24.0. The van der Waals surface area contributed by atoms with Crippen LogP contribution in [0, 0.1) is 20.8 Å². The van der Waals surface area contributed by atoms with E-state index in [1.165, 1.54) is 6.07 Å². The minimum atomic E-state index is -0.664. The number of hydrogen-bond donors (Lipinski definition) is 1. The molecule has 2 aromatic heterocycles. The highest BCUT2D eigenvalue weighted by molar-refractivity contribution is 7.18. The molecule has 0 spiro atoms. The highest BCUT2D eigenvalue weighted by Crippen LogP contribution is 2.27. The van der Waals surface area contributed by atoms with Gasteiger partial charge in [0.05, 0.1) is 28.4 Å². The van der Waals surface area contributed by atoms with Gasteiger partial charge in [0.15, 0.2) is 6.61 Å². The first kappa shape index (κ1) is 24.0. The van der Waals surface area contributed by atoms with Crippen LogP contribution >= 0.6 is 11.3 Å². The largest absolute Gasteiger partial charge is 0.489 e. The number of aromatic nitrogens is 1. The Morgan fingerprint density at radius 3 is 2.58 bits per heavy atom. The summed E-state index contributed by atoms with van der Waals surface area (Å²) in [5, 5.41) is 6.96. The number of anilines is 1. The molecule has 9 nitrogen and oxygen atoms in total. The Balaban J connectivity index is 1.53. The number of carbonyl (C=O) groups excluding carboxylic acids is 3. The lowest BCUT2D eigenvalue weighted by Gasteiger charge is -2.08. The number of rotatable bonds is 9. The van der Waals surface area contributed by atoms with Crippen molar-refractivity contribution < 1.29 is 33.1 Å². The second-order valence-corrected chi connectivity index (χ2v) is 8.14. The molecule has 0 radical (unpaired) electrons. The second kappa shape index (κ2) is 10.8. The molecule has 0 fully saturated rings. The Hall–Kier alpha value is -3.66. The summed E-state index contributed by atoms with van der Waals surface area (Å²) in [5.41, 5.74) is 2.52. The number of thiophene rings is 1. The van der Waals surface area contributed by atoms with Crippen molar-refractivity contribution in [2.45, 2.75) is 34.3 Å². The Bertz CT molecular complexity index is 1150. The number of nitrogens with zero attached hydrogens (tertiary/aromatic N) is 1. The number of benzene rings is 1. The summed E-state index contributed by atoms with van der Waals surface area (Å²) in [6.07, 6.45) is 0. The standard InChI is InChI=1S/C23H24N2O7S/c1-5-29-23(28)21-13(2)9-20(33-21)24-19(26)12-31-22(27)16-7-6-8-17(10-16)30-11-18-14(3)25-32-15(18)4/h6-10H,5,11-12H2,1-4H3,(H,24,26). The minimum Gasteiger partial charge on any atom is -0.489 e. The van der Waals surface area contributed by atoms with Crippen LogP contribution in [-0.4, -0.2) is 36.2 Å². The van der Waals surface area contributed by atoms with Crippen LogP contribution in [-0.2, 0) is 20.9 Å². The molecule has 33 heavy (non-hydrogen) atoms. The van der Waals surface area contributed by atoms with Crippen molar-refractivity contribution in [1.29, 1.82) is 0 Å². The van der Waals surface area contributed by atoms with Crippen LogP contribution in [0.3, 0.4) is 0 Å². The fourth-order valence-corrected chi connectivity index (χ4v) is 3.89. The van der Waals surface area contributed by atoms with E-state index in [4.69, 9.17) is 18.7 Å². The molecule has 0 aliphatic rings. The van der Waals surface area contributed by atoms with Gasteiger partial charge in [-0.05, 0) is 57.5 Å². The smallest absolute Gasteiger partial charge is 0.348 e. The third-order valence-electron chi connectivity index (χ3n) is 4.61. The topological polar surface area (TPSA) is 117 Å². The van der Waals surface area contributed by atoms with Gasteiger partial charge >= 0.3 is 11.9 Å². The number of esters is 2. The summed E-state index contributed by atoms with van der Waals surface area (Å²) in [6.45, 7) is 7.12. The molecule has 0 saturated heterocycles. The SMILES string of the molecule is CCOC(=O)c1sc(NC(=O)COC(=O)c2cccc(OCc3c(C)noc3C)c2)cc1C. The summed E-state index contributed by atoms with van der Waals surface area (Å²) in [5.74, 6) is -0.490. The van der Waals surface area contributed by atoms with Gasteiger partial charge in [-0.15, -0.1) is 11.3 Å². The number of hydrogen-bond acceptors (Lipinski definition) is 9. The lowest BCUT2D eigenvalue weighted by molar-refractivity contribution is -0.119. The summed E-state index contributed by atoms with van der Waals surface area (Å²) in [6, 6.07) is 8.13. The molecule has 1 aromatic carbocycles. The minimum absolute atomic E-state index is 0.246. The summed E-state index contributed by atoms with van der Waals surface area (Å²) in [7, 11) is 0. The molecular weight excluding hydrogens is 448 g/mol. The monoisotopic (exact) mass is 472 g/mol. The van der Waals surface area contributed by atoms with E-state index < -0.39 is 24.5 Å². The van der Waals surface area contributed by atoms with E-state index >= 15 is 0 Å². The maximum Gasteiger partial charge on any atom is 0.348 e.